The maximum absolute atomic E-state index is 16.5. The van der Waals surface area contributed by atoms with Crippen molar-refractivity contribution in [2.45, 2.75) is 19.4 Å². The van der Waals surface area contributed by atoms with Gasteiger partial charge in [-0.25, -0.2) is 38.7 Å². The number of benzene rings is 6. The first-order chi connectivity index (χ1) is 26.3. The first-order valence-electron chi connectivity index (χ1n) is 17.4. The van der Waals surface area contributed by atoms with Crippen molar-refractivity contribution in [1.29, 1.82) is 0 Å². The predicted molar refractivity (Wildman–Crippen MR) is 205 cm³/mol. The molecule has 54 heavy (non-hydrogen) atoms. The summed E-state index contributed by atoms with van der Waals surface area (Å²) in [6, 6.07) is 44.0. The summed E-state index contributed by atoms with van der Waals surface area (Å²) in [7, 11) is 0. The summed E-state index contributed by atoms with van der Waals surface area (Å²) in [4.78, 5) is 28.4. The van der Waals surface area contributed by atoms with E-state index in [9.17, 15) is 0 Å². The zero-order valence-corrected chi connectivity index (χ0v) is 29.2. The predicted octanol–water partition coefficient (Wildman–Crippen LogP) is 10.6. The molecule has 0 unspecified atom stereocenters. The Kier molecular flexibility index (Phi) is 8.04. The van der Waals surface area contributed by atoms with Crippen molar-refractivity contribution in [2.24, 2.45) is 0 Å². The van der Waals surface area contributed by atoms with Gasteiger partial charge in [0.15, 0.2) is 34.9 Å². The maximum atomic E-state index is 16.5. The minimum atomic E-state index is -0.957. The molecule has 0 fully saturated rings. The first kappa shape index (κ1) is 32.9. The van der Waals surface area contributed by atoms with Crippen LogP contribution >= 0.6 is 0 Å². The second-order valence-electron chi connectivity index (χ2n) is 13.4. The molecule has 0 atom stereocenters. The van der Waals surface area contributed by atoms with Gasteiger partial charge >= 0.3 is 0 Å². The molecular weight excluding hydrogens is 679 g/mol. The van der Waals surface area contributed by atoms with E-state index in [0.29, 0.717) is 45.7 Å². The van der Waals surface area contributed by atoms with Crippen LogP contribution in [0.15, 0.2) is 146 Å². The molecular formula is C45H30F2N6O. The standard InChI is InChI=1S/C45H30F2N6O/c1-45(2)35-23-33(43-50-39(27-15-7-3-8-16-27)48-40(51-43)28-17-9-4-10-18-28)36(46)24-31(35)32-25-37(47)34(26-38(32)54-45)44-52-41(29-19-11-5-12-20-29)49-42(53-44)30-21-13-6-14-22-30/h3-26H,1-2H3. The fourth-order valence-electron chi connectivity index (χ4n) is 6.67. The highest BCUT2D eigenvalue weighted by atomic mass is 19.1. The summed E-state index contributed by atoms with van der Waals surface area (Å²) in [6.07, 6.45) is 0. The summed E-state index contributed by atoms with van der Waals surface area (Å²) in [6.45, 7) is 3.78. The molecule has 0 bridgehead atoms. The third-order valence-corrected chi connectivity index (χ3v) is 9.36. The lowest BCUT2D eigenvalue weighted by Crippen LogP contribution is -2.29. The Hall–Kier alpha value is -7.00. The SMILES string of the molecule is CC1(C)Oc2cc(-c3nc(-c4ccccc4)nc(-c4ccccc4)n3)c(F)cc2-c2cc(F)c(-c3nc(-c4ccccc4)nc(-c4ccccc4)n3)cc21. The lowest BCUT2D eigenvalue weighted by molar-refractivity contribution is 0.105. The number of aromatic nitrogens is 6. The van der Waals surface area contributed by atoms with Crippen molar-refractivity contribution in [2.75, 3.05) is 0 Å². The molecule has 0 spiro atoms. The van der Waals surface area contributed by atoms with Gasteiger partial charge in [0.05, 0.1) is 11.1 Å². The first-order valence-corrected chi connectivity index (χ1v) is 17.4. The van der Waals surface area contributed by atoms with E-state index < -0.39 is 17.2 Å². The van der Waals surface area contributed by atoms with E-state index in [1.807, 2.05) is 135 Å². The lowest BCUT2D eigenvalue weighted by Gasteiger charge is -2.35. The van der Waals surface area contributed by atoms with Crippen LogP contribution in [0, 0.1) is 11.6 Å². The molecule has 6 aromatic carbocycles. The summed E-state index contributed by atoms with van der Waals surface area (Å²) >= 11 is 0. The molecule has 1 aliphatic heterocycles. The quantitative estimate of drug-likeness (QED) is 0.170. The van der Waals surface area contributed by atoms with Crippen molar-refractivity contribution in [3.8, 4) is 85.2 Å². The van der Waals surface area contributed by atoms with Crippen LogP contribution in [0.4, 0.5) is 8.78 Å². The third-order valence-electron chi connectivity index (χ3n) is 9.36. The second-order valence-corrected chi connectivity index (χ2v) is 13.4. The van der Waals surface area contributed by atoms with Crippen LogP contribution in [-0.4, -0.2) is 29.9 Å². The zero-order chi connectivity index (χ0) is 36.8. The van der Waals surface area contributed by atoms with Gasteiger partial charge in [0.2, 0.25) is 0 Å². The Labute approximate surface area is 310 Å². The Morgan fingerprint density at radius 1 is 0.389 bits per heavy atom. The van der Waals surface area contributed by atoms with Crippen molar-refractivity contribution >= 4 is 0 Å². The van der Waals surface area contributed by atoms with E-state index in [-0.39, 0.29) is 22.8 Å². The highest BCUT2D eigenvalue weighted by molar-refractivity contribution is 5.82. The number of rotatable bonds is 6. The van der Waals surface area contributed by atoms with Crippen LogP contribution < -0.4 is 4.74 Å². The molecule has 1 aliphatic rings. The highest BCUT2D eigenvalue weighted by Gasteiger charge is 2.36. The van der Waals surface area contributed by atoms with Gasteiger partial charge in [0.25, 0.3) is 0 Å². The number of halogens is 2. The Morgan fingerprint density at radius 3 is 1.11 bits per heavy atom. The van der Waals surface area contributed by atoms with E-state index in [1.54, 1.807) is 12.1 Å². The molecule has 9 rings (SSSR count). The van der Waals surface area contributed by atoms with Gasteiger partial charge in [-0.3, -0.25) is 0 Å². The van der Waals surface area contributed by atoms with Crippen molar-refractivity contribution in [1.82, 2.24) is 29.9 Å². The van der Waals surface area contributed by atoms with Gasteiger partial charge in [0, 0.05) is 33.4 Å². The monoisotopic (exact) mass is 708 g/mol. The van der Waals surface area contributed by atoms with Gasteiger partial charge in [-0.15, -0.1) is 0 Å². The molecule has 0 saturated carbocycles. The molecule has 2 aromatic heterocycles. The molecule has 260 valence electrons. The van der Waals surface area contributed by atoms with Gasteiger partial charge in [0.1, 0.15) is 23.0 Å². The average molecular weight is 709 g/mol. The number of hydrogen-bond donors (Lipinski definition) is 0. The third kappa shape index (κ3) is 6.05. The Balaban J connectivity index is 1.17. The van der Waals surface area contributed by atoms with E-state index in [4.69, 9.17) is 34.6 Å². The minimum Gasteiger partial charge on any atom is -0.482 e. The van der Waals surface area contributed by atoms with Gasteiger partial charge in [-0.2, -0.15) is 0 Å². The molecule has 3 heterocycles. The fourth-order valence-corrected chi connectivity index (χ4v) is 6.67. The van der Waals surface area contributed by atoms with Crippen LogP contribution in [0.25, 0.3) is 79.5 Å². The van der Waals surface area contributed by atoms with Crippen LogP contribution in [0.3, 0.4) is 0 Å². The van der Waals surface area contributed by atoms with Gasteiger partial charge < -0.3 is 4.74 Å². The van der Waals surface area contributed by atoms with Gasteiger partial charge in [-0.05, 0) is 43.7 Å². The highest BCUT2D eigenvalue weighted by Crippen LogP contribution is 2.48. The smallest absolute Gasteiger partial charge is 0.167 e. The molecule has 9 heteroatoms. The average Bonchev–Trinajstić information content (AvgIpc) is 3.21. The minimum absolute atomic E-state index is 0.133. The van der Waals surface area contributed by atoms with E-state index in [2.05, 4.69) is 0 Å². The van der Waals surface area contributed by atoms with E-state index >= 15 is 8.78 Å². The summed E-state index contributed by atoms with van der Waals surface area (Å²) < 4.78 is 39.5. The van der Waals surface area contributed by atoms with Crippen LogP contribution in [-0.2, 0) is 5.60 Å². The van der Waals surface area contributed by atoms with E-state index in [0.717, 1.165) is 22.3 Å². The Morgan fingerprint density at radius 2 is 0.722 bits per heavy atom. The number of hydrogen-bond acceptors (Lipinski definition) is 7. The fraction of sp³-hybridized carbons (Fsp3) is 0.0667. The van der Waals surface area contributed by atoms with Crippen molar-refractivity contribution in [3.05, 3.63) is 163 Å². The van der Waals surface area contributed by atoms with Crippen molar-refractivity contribution < 1.29 is 13.5 Å². The van der Waals surface area contributed by atoms with Crippen LogP contribution in [0.2, 0.25) is 0 Å². The molecule has 0 N–H and O–H groups in total. The summed E-state index contributed by atoms with van der Waals surface area (Å²) in [5.74, 6) is 1.17. The Bertz CT molecular complexity index is 2560. The normalized spacial score (nSPS) is 12.7. The topological polar surface area (TPSA) is 86.6 Å². The van der Waals surface area contributed by atoms with Crippen LogP contribution in [0.5, 0.6) is 5.75 Å². The number of ether oxygens (including phenoxy) is 1. The van der Waals surface area contributed by atoms with Gasteiger partial charge in [-0.1, -0.05) is 121 Å². The molecule has 0 saturated heterocycles. The second kappa shape index (κ2) is 13.2. The van der Waals surface area contributed by atoms with E-state index in [1.165, 1.54) is 12.1 Å². The molecule has 0 radical (unpaired) electrons. The molecule has 7 nitrogen and oxygen atoms in total. The zero-order valence-electron chi connectivity index (χ0n) is 29.2. The molecule has 0 aliphatic carbocycles. The largest absolute Gasteiger partial charge is 0.482 e. The lowest BCUT2D eigenvalue weighted by atomic mass is 9.84. The summed E-state index contributed by atoms with van der Waals surface area (Å²) in [5.41, 5.74) is 3.97. The summed E-state index contributed by atoms with van der Waals surface area (Å²) in [5, 5.41) is 0. The number of fused-ring (bicyclic) bond motifs is 3. The number of nitrogens with zero attached hydrogens (tertiary/aromatic N) is 6. The van der Waals surface area contributed by atoms with Crippen molar-refractivity contribution in [3.63, 3.8) is 0 Å². The molecule has 8 aromatic rings. The maximum Gasteiger partial charge on any atom is 0.167 e. The van der Waals surface area contributed by atoms with Crippen LogP contribution in [0.1, 0.15) is 19.4 Å². The molecule has 0 amide bonds.